The second-order valence-corrected chi connectivity index (χ2v) is 3.52. The lowest BCUT2D eigenvalue weighted by Crippen LogP contribution is -2.43. The van der Waals surface area contributed by atoms with Gasteiger partial charge < -0.3 is 16.8 Å². The molecule has 0 heterocycles. The average Bonchev–Trinajstić information content (AvgIpc) is 2.34. The normalized spacial score (nSPS) is 11.4. The van der Waals surface area contributed by atoms with Gasteiger partial charge in [0.25, 0.3) is 0 Å². The largest absolute Gasteiger partial charge is 0.369 e. The van der Waals surface area contributed by atoms with Crippen molar-refractivity contribution in [3.63, 3.8) is 0 Å². The molecule has 1 amide bonds. The third kappa shape index (κ3) is 4.42. The summed E-state index contributed by atoms with van der Waals surface area (Å²) in [5, 5.41) is 6.21. The van der Waals surface area contributed by atoms with Gasteiger partial charge in [-0.05, 0) is 5.56 Å². The highest BCUT2D eigenvalue weighted by molar-refractivity contribution is 5.82. The first-order chi connectivity index (χ1) is 8.13. The SMILES string of the molecule is CNC(=O)[C@H](Cc1ccccc1)NN=C(N)N. The zero-order chi connectivity index (χ0) is 12.7. The summed E-state index contributed by atoms with van der Waals surface area (Å²) < 4.78 is 0. The Morgan fingerprint density at radius 3 is 2.53 bits per heavy atom. The number of nitrogens with zero attached hydrogens (tertiary/aromatic N) is 1. The van der Waals surface area contributed by atoms with Crippen molar-refractivity contribution in [3.8, 4) is 0 Å². The minimum Gasteiger partial charge on any atom is -0.369 e. The van der Waals surface area contributed by atoms with E-state index in [0.29, 0.717) is 6.42 Å². The standard InChI is InChI=1S/C11H17N5O/c1-14-10(17)9(15-16-11(12)13)7-8-5-3-2-4-6-8/h2-6,9,15H,7H2,1H3,(H,14,17)(H4,12,13,16)/t9-/m0/s1. The first-order valence-corrected chi connectivity index (χ1v) is 5.23. The van der Waals surface area contributed by atoms with Gasteiger partial charge in [0.2, 0.25) is 11.9 Å². The van der Waals surface area contributed by atoms with Gasteiger partial charge in [-0.25, -0.2) is 0 Å². The predicted octanol–water partition coefficient (Wildman–Crippen LogP) is -0.878. The van der Waals surface area contributed by atoms with E-state index < -0.39 is 6.04 Å². The summed E-state index contributed by atoms with van der Waals surface area (Å²) in [5.41, 5.74) is 14.1. The molecule has 0 fully saturated rings. The maximum atomic E-state index is 11.6. The Morgan fingerprint density at radius 2 is 2.00 bits per heavy atom. The Labute approximate surface area is 100 Å². The third-order valence-corrected chi connectivity index (χ3v) is 2.20. The summed E-state index contributed by atoms with van der Waals surface area (Å²) in [6.45, 7) is 0. The Hall–Kier alpha value is -2.24. The lowest BCUT2D eigenvalue weighted by Gasteiger charge is -2.15. The fourth-order valence-electron chi connectivity index (χ4n) is 1.37. The van der Waals surface area contributed by atoms with Gasteiger partial charge in [-0.1, -0.05) is 30.3 Å². The molecule has 0 saturated carbocycles. The molecule has 1 aromatic rings. The lowest BCUT2D eigenvalue weighted by molar-refractivity contribution is -0.122. The number of nitrogens with one attached hydrogen (secondary N) is 2. The van der Waals surface area contributed by atoms with Crippen LogP contribution in [0.4, 0.5) is 0 Å². The quantitative estimate of drug-likeness (QED) is 0.302. The molecule has 0 saturated heterocycles. The van der Waals surface area contributed by atoms with Gasteiger partial charge in [-0.2, -0.15) is 0 Å². The van der Waals surface area contributed by atoms with Crippen LogP contribution in [0.15, 0.2) is 35.4 Å². The summed E-state index contributed by atoms with van der Waals surface area (Å²) in [7, 11) is 1.57. The van der Waals surface area contributed by atoms with Crippen molar-refractivity contribution in [1.82, 2.24) is 10.7 Å². The summed E-state index contributed by atoms with van der Waals surface area (Å²) >= 11 is 0. The number of guanidine groups is 1. The molecule has 17 heavy (non-hydrogen) atoms. The lowest BCUT2D eigenvalue weighted by atomic mass is 10.1. The first kappa shape index (κ1) is 12.8. The number of carbonyl (C=O) groups is 1. The van der Waals surface area contributed by atoms with Crippen molar-refractivity contribution in [3.05, 3.63) is 35.9 Å². The molecule has 92 valence electrons. The number of rotatable bonds is 5. The Morgan fingerprint density at radius 1 is 1.35 bits per heavy atom. The van der Waals surface area contributed by atoms with Gasteiger partial charge in [-0.3, -0.25) is 10.2 Å². The minimum absolute atomic E-state index is 0.105. The highest BCUT2D eigenvalue weighted by Crippen LogP contribution is 2.03. The van der Waals surface area contributed by atoms with Crippen molar-refractivity contribution in [2.45, 2.75) is 12.5 Å². The monoisotopic (exact) mass is 235 g/mol. The number of hydrazone groups is 1. The van der Waals surface area contributed by atoms with E-state index in [0.717, 1.165) is 5.56 Å². The summed E-state index contributed by atoms with van der Waals surface area (Å²) in [6.07, 6.45) is 0.511. The van der Waals surface area contributed by atoms with Crippen LogP contribution in [0.5, 0.6) is 0 Å². The molecule has 0 aliphatic heterocycles. The first-order valence-electron chi connectivity index (χ1n) is 5.23. The molecular weight excluding hydrogens is 218 g/mol. The van der Waals surface area contributed by atoms with Crippen LogP contribution in [0.1, 0.15) is 5.56 Å². The van der Waals surface area contributed by atoms with Gasteiger partial charge in [0, 0.05) is 13.5 Å². The molecule has 1 aromatic carbocycles. The van der Waals surface area contributed by atoms with Gasteiger partial charge >= 0.3 is 0 Å². The van der Waals surface area contributed by atoms with Gasteiger partial charge in [0.05, 0.1) is 0 Å². The maximum absolute atomic E-state index is 11.6. The van der Waals surface area contributed by atoms with Gasteiger partial charge in [0.1, 0.15) is 6.04 Å². The molecule has 0 aliphatic carbocycles. The topological polar surface area (TPSA) is 106 Å². The number of hydrogen-bond acceptors (Lipinski definition) is 3. The molecule has 0 bridgehead atoms. The molecule has 0 spiro atoms. The Bertz CT molecular complexity index is 386. The molecule has 0 aliphatic rings. The van der Waals surface area contributed by atoms with Crippen LogP contribution >= 0.6 is 0 Å². The highest BCUT2D eigenvalue weighted by atomic mass is 16.2. The average molecular weight is 235 g/mol. The third-order valence-electron chi connectivity index (χ3n) is 2.20. The van der Waals surface area contributed by atoms with Crippen LogP contribution < -0.4 is 22.2 Å². The summed E-state index contributed by atoms with van der Waals surface area (Å²) in [5.74, 6) is -0.272. The molecule has 6 heteroatoms. The van der Waals surface area contributed by atoms with Crippen molar-refractivity contribution < 1.29 is 4.79 Å². The number of benzene rings is 1. The maximum Gasteiger partial charge on any atom is 0.244 e. The number of carbonyl (C=O) groups excluding carboxylic acids is 1. The van der Waals surface area contributed by atoms with E-state index in [2.05, 4.69) is 15.8 Å². The Kier molecular flexibility index (Phi) is 4.80. The van der Waals surface area contributed by atoms with Crippen molar-refractivity contribution >= 4 is 11.9 Å². The van der Waals surface area contributed by atoms with Crippen molar-refractivity contribution in [2.24, 2.45) is 16.6 Å². The molecular formula is C11H17N5O. The van der Waals surface area contributed by atoms with E-state index in [9.17, 15) is 4.79 Å². The van der Waals surface area contributed by atoms with Gasteiger partial charge in [0.15, 0.2) is 0 Å². The molecule has 1 atom stereocenters. The molecule has 6 nitrogen and oxygen atoms in total. The van der Waals surface area contributed by atoms with Crippen LogP contribution in [-0.4, -0.2) is 25.0 Å². The molecule has 1 rings (SSSR count). The van der Waals surface area contributed by atoms with Gasteiger partial charge in [-0.15, -0.1) is 5.10 Å². The number of likely N-dealkylation sites (N-methyl/N-ethyl adjacent to an activating group) is 1. The summed E-state index contributed by atoms with van der Waals surface area (Å²) in [6, 6.07) is 9.12. The van der Waals surface area contributed by atoms with E-state index in [1.807, 2.05) is 30.3 Å². The number of nitrogens with two attached hydrogens (primary N) is 2. The minimum atomic E-state index is -0.496. The molecule has 0 aromatic heterocycles. The van der Waals surface area contributed by atoms with E-state index >= 15 is 0 Å². The van der Waals surface area contributed by atoms with E-state index in [-0.39, 0.29) is 11.9 Å². The molecule has 0 radical (unpaired) electrons. The highest BCUT2D eigenvalue weighted by Gasteiger charge is 2.16. The summed E-state index contributed by atoms with van der Waals surface area (Å²) in [4.78, 5) is 11.6. The smallest absolute Gasteiger partial charge is 0.244 e. The second-order valence-electron chi connectivity index (χ2n) is 3.52. The van der Waals surface area contributed by atoms with Crippen molar-refractivity contribution in [2.75, 3.05) is 7.05 Å². The predicted molar refractivity (Wildman–Crippen MR) is 66.9 cm³/mol. The van der Waals surface area contributed by atoms with Crippen LogP contribution in [-0.2, 0) is 11.2 Å². The fraction of sp³-hybridized carbons (Fsp3) is 0.273. The zero-order valence-electron chi connectivity index (χ0n) is 9.68. The second kappa shape index (κ2) is 6.37. The molecule has 0 unspecified atom stereocenters. The number of amides is 1. The van der Waals surface area contributed by atoms with Crippen LogP contribution in [0, 0.1) is 0 Å². The fourth-order valence-corrected chi connectivity index (χ4v) is 1.37. The van der Waals surface area contributed by atoms with E-state index in [1.54, 1.807) is 7.05 Å². The van der Waals surface area contributed by atoms with Crippen LogP contribution in [0.25, 0.3) is 0 Å². The number of hydrogen-bond donors (Lipinski definition) is 4. The molecule has 6 N–H and O–H groups in total. The van der Waals surface area contributed by atoms with E-state index in [4.69, 9.17) is 11.5 Å². The Balaban J connectivity index is 2.70. The van der Waals surface area contributed by atoms with Crippen molar-refractivity contribution in [1.29, 1.82) is 0 Å². The zero-order valence-corrected chi connectivity index (χ0v) is 9.68. The van der Waals surface area contributed by atoms with Crippen LogP contribution in [0.3, 0.4) is 0 Å². The van der Waals surface area contributed by atoms with Crippen LogP contribution in [0.2, 0.25) is 0 Å². The van der Waals surface area contributed by atoms with E-state index in [1.165, 1.54) is 0 Å².